The van der Waals surface area contributed by atoms with Crippen LogP contribution in [0.25, 0.3) is 0 Å². The monoisotopic (exact) mass is 280 g/mol. The highest BCUT2D eigenvalue weighted by atomic mass is 16.3. The van der Waals surface area contributed by atoms with E-state index >= 15 is 0 Å². The first-order valence-electron chi connectivity index (χ1n) is 6.72. The van der Waals surface area contributed by atoms with Gasteiger partial charge in [-0.2, -0.15) is 0 Å². The highest BCUT2D eigenvalue weighted by molar-refractivity contribution is 5.61. The number of hydrogen-bond acceptors (Lipinski definition) is 5. The molecule has 0 saturated heterocycles. The minimum atomic E-state index is 0.591. The van der Waals surface area contributed by atoms with E-state index in [0.717, 1.165) is 23.1 Å². The molecule has 0 radical (unpaired) electrons. The molecule has 21 heavy (non-hydrogen) atoms. The third kappa shape index (κ3) is 3.39. The fourth-order valence-corrected chi connectivity index (χ4v) is 1.96. The van der Waals surface area contributed by atoms with Crippen molar-refractivity contribution < 1.29 is 4.42 Å². The van der Waals surface area contributed by atoms with Crippen molar-refractivity contribution in [2.75, 3.05) is 10.6 Å². The largest absolute Gasteiger partial charge is 0.467 e. The Hall–Kier alpha value is -2.82. The number of hydrogen-bond donors (Lipinski definition) is 2. The zero-order valence-electron chi connectivity index (χ0n) is 11.7. The van der Waals surface area contributed by atoms with Crippen LogP contribution in [-0.4, -0.2) is 9.97 Å². The second-order valence-electron chi connectivity index (χ2n) is 4.66. The average Bonchev–Trinajstić information content (AvgIpc) is 3.01. The molecule has 0 aliphatic rings. The summed E-state index contributed by atoms with van der Waals surface area (Å²) in [5, 5.41) is 6.49. The van der Waals surface area contributed by atoms with Gasteiger partial charge in [-0.3, -0.25) is 0 Å². The van der Waals surface area contributed by atoms with Crippen LogP contribution in [-0.2, 0) is 6.54 Å². The van der Waals surface area contributed by atoms with E-state index in [9.17, 15) is 0 Å². The van der Waals surface area contributed by atoms with Crippen molar-refractivity contribution in [3.63, 3.8) is 0 Å². The zero-order chi connectivity index (χ0) is 14.5. The van der Waals surface area contributed by atoms with E-state index < -0.39 is 0 Å². The lowest BCUT2D eigenvalue weighted by Crippen LogP contribution is -2.02. The molecule has 5 nitrogen and oxygen atoms in total. The molecule has 2 heterocycles. The van der Waals surface area contributed by atoms with Crippen molar-refractivity contribution in [3.8, 4) is 0 Å². The van der Waals surface area contributed by atoms with Crippen LogP contribution in [0.1, 0.15) is 11.3 Å². The van der Waals surface area contributed by atoms with Gasteiger partial charge in [-0.25, -0.2) is 9.97 Å². The van der Waals surface area contributed by atoms with Crippen LogP contribution in [0.3, 0.4) is 0 Å². The molecule has 0 amide bonds. The van der Waals surface area contributed by atoms with E-state index in [1.54, 1.807) is 6.26 Å². The van der Waals surface area contributed by atoms with E-state index in [0.29, 0.717) is 6.54 Å². The third-order valence-electron chi connectivity index (χ3n) is 3.10. The average molecular weight is 280 g/mol. The SMILES string of the molecule is Cc1ccccc1Nc1cc(NCc2ccco2)ncn1. The Kier molecular flexibility index (Phi) is 3.82. The summed E-state index contributed by atoms with van der Waals surface area (Å²) in [6, 6.07) is 13.7. The predicted molar refractivity (Wildman–Crippen MR) is 82.5 cm³/mol. The van der Waals surface area contributed by atoms with E-state index in [4.69, 9.17) is 4.42 Å². The van der Waals surface area contributed by atoms with Gasteiger partial charge in [0.15, 0.2) is 0 Å². The Labute approximate surface area is 123 Å². The van der Waals surface area contributed by atoms with Crippen molar-refractivity contribution in [1.29, 1.82) is 0 Å². The van der Waals surface area contributed by atoms with Crippen molar-refractivity contribution in [2.45, 2.75) is 13.5 Å². The minimum absolute atomic E-state index is 0.591. The number of benzene rings is 1. The molecular weight excluding hydrogens is 264 g/mol. The summed E-state index contributed by atoms with van der Waals surface area (Å²) in [7, 11) is 0. The van der Waals surface area contributed by atoms with Gasteiger partial charge in [-0.1, -0.05) is 18.2 Å². The number of nitrogens with one attached hydrogen (secondary N) is 2. The van der Waals surface area contributed by atoms with E-state index in [2.05, 4.69) is 33.6 Å². The van der Waals surface area contributed by atoms with Crippen molar-refractivity contribution >= 4 is 17.3 Å². The lowest BCUT2D eigenvalue weighted by atomic mass is 10.2. The summed E-state index contributed by atoms with van der Waals surface area (Å²) in [6.07, 6.45) is 3.19. The molecule has 5 heteroatoms. The normalized spacial score (nSPS) is 10.3. The molecule has 0 atom stereocenters. The Morgan fingerprint density at radius 3 is 2.71 bits per heavy atom. The number of aromatic nitrogens is 2. The highest BCUT2D eigenvalue weighted by Gasteiger charge is 2.02. The number of anilines is 3. The smallest absolute Gasteiger partial charge is 0.135 e. The quantitative estimate of drug-likeness (QED) is 0.745. The summed E-state index contributed by atoms with van der Waals surface area (Å²) in [5.41, 5.74) is 2.20. The van der Waals surface area contributed by atoms with Gasteiger partial charge >= 0.3 is 0 Å². The van der Waals surface area contributed by atoms with Crippen LogP contribution in [0.5, 0.6) is 0 Å². The van der Waals surface area contributed by atoms with Crippen molar-refractivity contribution in [1.82, 2.24) is 9.97 Å². The van der Waals surface area contributed by atoms with Crippen LogP contribution in [0, 0.1) is 6.92 Å². The molecule has 0 bridgehead atoms. The fraction of sp³-hybridized carbons (Fsp3) is 0.125. The van der Waals surface area contributed by atoms with E-state index in [-0.39, 0.29) is 0 Å². The number of para-hydroxylation sites is 1. The third-order valence-corrected chi connectivity index (χ3v) is 3.10. The van der Waals surface area contributed by atoms with Crippen LogP contribution in [0.15, 0.2) is 59.5 Å². The van der Waals surface area contributed by atoms with E-state index in [1.807, 2.05) is 36.4 Å². The van der Waals surface area contributed by atoms with E-state index in [1.165, 1.54) is 11.9 Å². The number of nitrogens with zero attached hydrogens (tertiary/aromatic N) is 2. The molecule has 2 N–H and O–H groups in total. The maximum Gasteiger partial charge on any atom is 0.135 e. The number of aryl methyl sites for hydroxylation is 1. The second kappa shape index (κ2) is 6.09. The summed E-state index contributed by atoms with van der Waals surface area (Å²) in [5.74, 6) is 2.36. The first-order valence-corrected chi connectivity index (χ1v) is 6.72. The van der Waals surface area contributed by atoms with Gasteiger partial charge in [0.2, 0.25) is 0 Å². The van der Waals surface area contributed by atoms with Crippen molar-refractivity contribution in [3.05, 3.63) is 66.4 Å². The molecular formula is C16H16N4O. The number of rotatable bonds is 5. The lowest BCUT2D eigenvalue weighted by Gasteiger charge is -2.09. The van der Waals surface area contributed by atoms with Gasteiger partial charge in [0.25, 0.3) is 0 Å². The molecule has 3 rings (SSSR count). The Bertz CT molecular complexity index is 710. The van der Waals surface area contributed by atoms with Gasteiger partial charge in [0.1, 0.15) is 23.7 Å². The molecule has 1 aromatic carbocycles. The highest BCUT2D eigenvalue weighted by Crippen LogP contribution is 2.19. The Morgan fingerprint density at radius 1 is 1.05 bits per heavy atom. The summed E-state index contributed by atoms with van der Waals surface area (Å²) in [4.78, 5) is 8.43. The molecule has 3 aromatic rings. The number of furan rings is 1. The topological polar surface area (TPSA) is 63.0 Å². The van der Waals surface area contributed by atoms with Crippen LogP contribution >= 0.6 is 0 Å². The molecule has 0 unspecified atom stereocenters. The summed E-state index contributed by atoms with van der Waals surface area (Å²) < 4.78 is 5.28. The zero-order valence-corrected chi connectivity index (χ0v) is 11.7. The minimum Gasteiger partial charge on any atom is -0.467 e. The predicted octanol–water partition coefficient (Wildman–Crippen LogP) is 3.73. The summed E-state index contributed by atoms with van der Waals surface area (Å²) in [6.45, 7) is 2.65. The van der Waals surface area contributed by atoms with Gasteiger partial charge in [-0.15, -0.1) is 0 Å². The van der Waals surface area contributed by atoms with Gasteiger partial charge in [0.05, 0.1) is 12.8 Å². The molecule has 0 spiro atoms. The van der Waals surface area contributed by atoms with Crippen LogP contribution in [0.2, 0.25) is 0 Å². The van der Waals surface area contributed by atoms with Crippen LogP contribution in [0.4, 0.5) is 17.3 Å². The van der Waals surface area contributed by atoms with Gasteiger partial charge in [-0.05, 0) is 30.7 Å². The molecule has 0 saturated carbocycles. The maximum atomic E-state index is 5.28. The second-order valence-corrected chi connectivity index (χ2v) is 4.66. The lowest BCUT2D eigenvalue weighted by molar-refractivity contribution is 0.518. The van der Waals surface area contributed by atoms with Crippen molar-refractivity contribution in [2.24, 2.45) is 0 Å². The molecule has 0 aliphatic carbocycles. The molecule has 2 aromatic heterocycles. The molecule has 106 valence electrons. The standard InChI is InChI=1S/C16H16N4O/c1-12-5-2-3-7-14(12)20-16-9-15(18-11-19-16)17-10-13-6-4-8-21-13/h2-9,11H,10H2,1H3,(H2,17,18,19,20). The van der Waals surface area contributed by atoms with Gasteiger partial charge < -0.3 is 15.1 Å². The maximum absolute atomic E-state index is 5.28. The van der Waals surface area contributed by atoms with Crippen LogP contribution < -0.4 is 10.6 Å². The molecule has 0 aliphatic heterocycles. The fourth-order valence-electron chi connectivity index (χ4n) is 1.96. The van der Waals surface area contributed by atoms with Gasteiger partial charge in [0, 0.05) is 11.8 Å². The Morgan fingerprint density at radius 2 is 1.90 bits per heavy atom. The first kappa shape index (κ1) is 13.2. The summed E-state index contributed by atoms with van der Waals surface area (Å²) >= 11 is 0. The molecule has 0 fully saturated rings. The Balaban J connectivity index is 1.70. The first-order chi connectivity index (χ1) is 10.3.